The molecule has 0 aromatic heterocycles. The lowest BCUT2D eigenvalue weighted by Crippen LogP contribution is -2.54. The number of carbonyl (C=O) groups excluding carboxylic acids is 1. The summed E-state index contributed by atoms with van der Waals surface area (Å²) in [6.45, 7) is 1.50. The summed E-state index contributed by atoms with van der Waals surface area (Å²) in [6.07, 6.45) is 5.53. The molecule has 1 heterocycles. The van der Waals surface area contributed by atoms with E-state index in [-0.39, 0.29) is 24.8 Å². The summed E-state index contributed by atoms with van der Waals surface area (Å²) in [5.41, 5.74) is 1.27. The maximum absolute atomic E-state index is 12.7. The van der Waals surface area contributed by atoms with E-state index in [4.69, 9.17) is 4.74 Å². The van der Waals surface area contributed by atoms with Gasteiger partial charge in [-0.1, -0.05) is 43.2 Å². The van der Waals surface area contributed by atoms with Crippen molar-refractivity contribution in [2.45, 2.75) is 44.2 Å². The molecule has 0 radical (unpaired) electrons. The van der Waals surface area contributed by atoms with Crippen LogP contribution in [0.4, 0.5) is 4.79 Å². The van der Waals surface area contributed by atoms with Gasteiger partial charge in [0, 0.05) is 12.6 Å². The van der Waals surface area contributed by atoms with Gasteiger partial charge in [-0.3, -0.25) is 0 Å². The number of aliphatic hydroxyl groups excluding tert-OH is 1. The molecule has 2 fully saturated rings. The molecule has 1 aromatic carbocycles. The van der Waals surface area contributed by atoms with E-state index >= 15 is 0 Å². The van der Waals surface area contributed by atoms with Crippen LogP contribution < -0.4 is 5.32 Å². The van der Waals surface area contributed by atoms with Gasteiger partial charge < -0.3 is 20.1 Å². The Bertz CT molecular complexity index is 517. The molecule has 132 valence electrons. The monoisotopic (exact) mass is 332 g/mol. The van der Waals surface area contributed by atoms with Crippen LogP contribution >= 0.6 is 0 Å². The van der Waals surface area contributed by atoms with Crippen LogP contribution in [0.5, 0.6) is 0 Å². The largest absolute Gasteiger partial charge is 0.394 e. The molecule has 5 nitrogen and oxygen atoms in total. The summed E-state index contributed by atoms with van der Waals surface area (Å²) >= 11 is 0. The standard InChI is InChI=1S/C19H28N2O3/c22-14-17-13-21(10-11-24-17)19(23)20-18(16-8-4-5-9-16)12-15-6-2-1-3-7-15/h1-3,6-7,16-18,22H,4-5,8-14H2,(H,20,23)/t17-,18+/m1/s1. The highest BCUT2D eigenvalue weighted by Crippen LogP contribution is 2.29. The molecule has 2 aliphatic rings. The van der Waals surface area contributed by atoms with E-state index in [0.29, 0.717) is 25.6 Å². The fourth-order valence-corrected chi connectivity index (χ4v) is 3.83. The quantitative estimate of drug-likeness (QED) is 0.869. The highest BCUT2D eigenvalue weighted by molar-refractivity contribution is 5.74. The second kappa shape index (κ2) is 8.49. The van der Waals surface area contributed by atoms with Crippen molar-refractivity contribution in [3.05, 3.63) is 35.9 Å². The van der Waals surface area contributed by atoms with Crippen LogP contribution in [-0.2, 0) is 11.2 Å². The molecule has 24 heavy (non-hydrogen) atoms. The first-order valence-electron chi connectivity index (χ1n) is 9.08. The van der Waals surface area contributed by atoms with E-state index in [1.807, 2.05) is 6.07 Å². The number of nitrogens with zero attached hydrogens (tertiary/aromatic N) is 1. The van der Waals surface area contributed by atoms with Crippen molar-refractivity contribution in [2.24, 2.45) is 5.92 Å². The third kappa shape index (κ3) is 4.48. The summed E-state index contributed by atoms with van der Waals surface area (Å²) in [7, 11) is 0. The summed E-state index contributed by atoms with van der Waals surface area (Å²) in [5.74, 6) is 0.559. The van der Waals surface area contributed by atoms with Gasteiger partial charge in [0.25, 0.3) is 0 Å². The maximum atomic E-state index is 12.7. The third-order valence-electron chi connectivity index (χ3n) is 5.21. The predicted octanol–water partition coefficient (Wildman–Crippen LogP) is 2.19. The predicted molar refractivity (Wildman–Crippen MR) is 92.8 cm³/mol. The van der Waals surface area contributed by atoms with Crippen LogP contribution in [0.3, 0.4) is 0 Å². The average Bonchev–Trinajstić information content (AvgIpc) is 3.16. The van der Waals surface area contributed by atoms with Crippen molar-refractivity contribution >= 4 is 6.03 Å². The van der Waals surface area contributed by atoms with Gasteiger partial charge in [-0.25, -0.2) is 4.79 Å². The zero-order chi connectivity index (χ0) is 16.8. The fraction of sp³-hybridized carbons (Fsp3) is 0.632. The first-order valence-corrected chi connectivity index (χ1v) is 9.08. The lowest BCUT2D eigenvalue weighted by molar-refractivity contribution is -0.0406. The van der Waals surface area contributed by atoms with Crippen molar-refractivity contribution in [1.29, 1.82) is 0 Å². The second-order valence-electron chi connectivity index (χ2n) is 6.91. The molecule has 5 heteroatoms. The Morgan fingerprint density at radius 3 is 2.75 bits per heavy atom. The SMILES string of the molecule is O=C(N[C@@H](Cc1ccccc1)C1CCCC1)N1CCO[C@@H](CO)C1. The number of hydrogen-bond acceptors (Lipinski definition) is 3. The van der Waals surface area contributed by atoms with Crippen LogP contribution in [0.1, 0.15) is 31.2 Å². The van der Waals surface area contributed by atoms with Crippen molar-refractivity contribution in [3.8, 4) is 0 Å². The molecule has 1 aliphatic heterocycles. The van der Waals surface area contributed by atoms with Gasteiger partial charge in [0.05, 0.1) is 25.9 Å². The van der Waals surface area contributed by atoms with Gasteiger partial charge >= 0.3 is 6.03 Å². The van der Waals surface area contributed by atoms with Crippen LogP contribution in [0.25, 0.3) is 0 Å². The summed E-state index contributed by atoms with van der Waals surface area (Å²) in [5, 5.41) is 12.5. The Labute approximate surface area is 144 Å². The molecule has 1 aliphatic carbocycles. The zero-order valence-electron chi connectivity index (χ0n) is 14.2. The number of amides is 2. The van der Waals surface area contributed by atoms with E-state index in [1.165, 1.54) is 31.2 Å². The summed E-state index contributed by atoms with van der Waals surface area (Å²) < 4.78 is 5.44. The smallest absolute Gasteiger partial charge is 0.317 e. The van der Waals surface area contributed by atoms with Gasteiger partial charge in [-0.05, 0) is 30.7 Å². The molecule has 2 N–H and O–H groups in total. The molecule has 3 rings (SSSR count). The Kier molecular flexibility index (Phi) is 6.10. The minimum Gasteiger partial charge on any atom is -0.394 e. The topological polar surface area (TPSA) is 61.8 Å². The zero-order valence-corrected chi connectivity index (χ0v) is 14.2. The fourth-order valence-electron chi connectivity index (χ4n) is 3.83. The number of nitrogens with one attached hydrogen (secondary N) is 1. The van der Waals surface area contributed by atoms with Crippen molar-refractivity contribution in [1.82, 2.24) is 10.2 Å². The van der Waals surface area contributed by atoms with Gasteiger partial charge in [0.2, 0.25) is 0 Å². The Morgan fingerprint density at radius 1 is 1.29 bits per heavy atom. The average molecular weight is 332 g/mol. The Morgan fingerprint density at radius 2 is 2.04 bits per heavy atom. The number of urea groups is 1. The minimum atomic E-state index is -0.261. The molecule has 1 aromatic rings. The number of aliphatic hydroxyl groups is 1. The van der Waals surface area contributed by atoms with E-state index < -0.39 is 0 Å². The molecule has 2 amide bonds. The number of benzene rings is 1. The highest BCUT2D eigenvalue weighted by Gasteiger charge is 2.30. The summed E-state index contributed by atoms with van der Waals surface area (Å²) in [6, 6.07) is 10.5. The number of ether oxygens (including phenoxy) is 1. The minimum absolute atomic E-state index is 0.0235. The van der Waals surface area contributed by atoms with Gasteiger partial charge in [-0.2, -0.15) is 0 Å². The number of morpholine rings is 1. The second-order valence-corrected chi connectivity index (χ2v) is 6.91. The van der Waals surface area contributed by atoms with E-state index in [1.54, 1.807) is 4.90 Å². The van der Waals surface area contributed by atoms with Crippen LogP contribution in [0.15, 0.2) is 30.3 Å². The van der Waals surface area contributed by atoms with Crippen molar-refractivity contribution in [2.75, 3.05) is 26.3 Å². The lowest BCUT2D eigenvalue weighted by Gasteiger charge is -2.34. The normalized spacial score (nSPS) is 23.2. The molecular formula is C19H28N2O3. The van der Waals surface area contributed by atoms with E-state index in [2.05, 4.69) is 29.6 Å². The molecular weight excluding hydrogens is 304 g/mol. The third-order valence-corrected chi connectivity index (χ3v) is 5.21. The van der Waals surface area contributed by atoms with Gasteiger partial charge in [0.15, 0.2) is 0 Å². The van der Waals surface area contributed by atoms with Gasteiger partial charge in [0.1, 0.15) is 0 Å². The first-order chi connectivity index (χ1) is 11.8. The van der Waals surface area contributed by atoms with Crippen LogP contribution in [-0.4, -0.2) is 54.5 Å². The van der Waals surface area contributed by atoms with Crippen LogP contribution in [0.2, 0.25) is 0 Å². The van der Waals surface area contributed by atoms with E-state index in [9.17, 15) is 9.90 Å². The van der Waals surface area contributed by atoms with Crippen LogP contribution in [0, 0.1) is 5.92 Å². The number of hydrogen-bond donors (Lipinski definition) is 2. The summed E-state index contributed by atoms with van der Waals surface area (Å²) in [4.78, 5) is 14.5. The lowest BCUT2D eigenvalue weighted by atomic mass is 9.92. The van der Waals surface area contributed by atoms with Gasteiger partial charge in [-0.15, -0.1) is 0 Å². The number of rotatable bonds is 5. The Balaban J connectivity index is 1.63. The molecule has 2 atom stereocenters. The maximum Gasteiger partial charge on any atom is 0.317 e. The molecule has 1 saturated carbocycles. The number of carbonyl (C=O) groups is 1. The molecule has 1 saturated heterocycles. The van der Waals surface area contributed by atoms with Crippen molar-refractivity contribution < 1.29 is 14.6 Å². The van der Waals surface area contributed by atoms with Crippen molar-refractivity contribution in [3.63, 3.8) is 0 Å². The molecule has 0 spiro atoms. The first kappa shape index (κ1) is 17.2. The Hall–Kier alpha value is -1.59. The van der Waals surface area contributed by atoms with E-state index in [0.717, 1.165) is 6.42 Å². The highest BCUT2D eigenvalue weighted by atomic mass is 16.5. The molecule has 0 bridgehead atoms. The molecule has 0 unspecified atom stereocenters.